The van der Waals surface area contributed by atoms with Gasteiger partial charge in [0.05, 0.1) is 11.1 Å². The fourth-order valence-corrected chi connectivity index (χ4v) is 2.34. The first-order chi connectivity index (χ1) is 9.03. The Bertz CT molecular complexity index is 549. The molecule has 100 valence electrons. The van der Waals surface area contributed by atoms with Crippen LogP contribution in [0.15, 0.2) is 29.9 Å². The third kappa shape index (κ3) is 3.08. The molecule has 2 N–H and O–H groups in total. The zero-order valence-corrected chi connectivity index (χ0v) is 11.9. The minimum absolute atomic E-state index is 0.157. The largest absolute Gasteiger partial charge is 0.373 e. The third-order valence-electron chi connectivity index (χ3n) is 2.67. The highest BCUT2D eigenvalue weighted by molar-refractivity contribution is 7.09. The van der Waals surface area contributed by atoms with E-state index in [0.717, 1.165) is 10.8 Å². The molecule has 2 rings (SSSR count). The summed E-state index contributed by atoms with van der Waals surface area (Å²) < 4.78 is 0. The molecule has 2 aromatic rings. The number of pyridine rings is 1. The summed E-state index contributed by atoms with van der Waals surface area (Å²) in [7, 11) is 1.79. The second-order valence-corrected chi connectivity index (χ2v) is 5.49. The minimum atomic E-state index is -0.493. The van der Waals surface area contributed by atoms with Crippen molar-refractivity contribution < 1.29 is 4.79 Å². The lowest BCUT2D eigenvalue weighted by molar-refractivity contribution is 0.0911. The summed E-state index contributed by atoms with van der Waals surface area (Å²) >= 11 is 1.52. The summed E-state index contributed by atoms with van der Waals surface area (Å²) in [5.74, 6) is 0.575. The molecule has 0 saturated heterocycles. The number of nitrogens with zero attached hydrogens (tertiary/aromatic N) is 2. The van der Waals surface area contributed by atoms with Crippen molar-refractivity contribution in [3.8, 4) is 0 Å². The second kappa shape index (κ2) is 5.36. The Morgan fingerprint density at radius 2 is 2.11 bits per heavy atom. The number of hydrogen-bond acceptors (Lipinski definition) is 5. The monoisotopic (exact) mass is 276 g/mol. The topological polar surface area (TPSA) is 66.9 Å². The lowest BCUT2D eigenvalue weighted by Gasteiger charge is -2.23. The first kappa shape index (κ1) is 13.5. The molecule has 19 heavy (non-hydrogen) atoms. The van der Waals surface area contributed by atoms with Crippen molar-refractivity contribution in [1.82, 2.24) is 15.3 Å². The molecule has 0 radical (unpaired) electrons. The van der Waals surface area contributed by atoms with Crippen molar-refractivity contribution >= 4 is 23.1 Å². The van der Waals surface area contributed by atoms with Crippen LogP contribution in [0.4, 0.5) is 5.82 Å². The van der Waals surface area contributed by atoms with Gasteiger partial charge in [-0.1, -0.05) is 0 Å². The highest BCUT2D eigenvalue weighted by Crippen LogP contribution is 2.22. The maximum atomic E-state index is 12.2. The number of amides is 1. The number of rotatable bonds is 4. The molecule has 0 aliphatic rings. The number of nitrogens with one attached hydrogen (secondary N) is 2. The van der Waals surface area contributed by atoms with E-state index in [1.165, 1.54) is 11.3 Å². The van der Waals surface area contributed by atoms with Crippen molar-refractivity contribution in [2.75, 3.05) is 12.4 Å². The molecule has 0 atom stereocenters. The molecule has 5 nitrogen and oxygen atoms in total. The van der Waals surface area contributed by atoms with Crippen molar-refractivity contribution in [2.45, 2.75) is 19.4 Å². The van der Waals surface area contributed by atoms with Crippen LogP contribution in [0.5, 0.6) is 0 Å². The van der Waals surface area contributed by atoms with Gasteiger partial charge in [-0.2, -0.15) is 0 Å². The lowest BCUT2D eigenvalue weighted by atomic mass is 10.1. The van der Waals surface area contributed by atoms with Crippen LogP contribution in [-0.2, 0) is 5.54 Å². The predicted octanol–water partition coefficient (Wildman–Crippen LogP) is 2.24. The van der Waals surface area contributed by atoms with Crippen LogP contribution in [0.1, 0.15) is 29.2 Å². The smallest absolute Gasteiger partial charge is 0.253 e. The van der Waals surface area contributed by atoms with Gasteiger partial charge in [-0.3, -0.25) is 4.79 Å². The number of anilines is 1. The van der Waals surface area contributed by atoms with E-state index in [4.69, 9.17) is 0 Å². The lowest BCUT2D eigenvalue weighted by Crippen LogP contribution is -2.40. The van der Waals surface area contributed by atoms with E-state index in [1.54, 1.807) is 31.6 Å². The number of thiazole rings is 1. The van der Waals surface area contributed by atoms with Gasteiger partial charge in [-0.25, -0.2) is 9.97 Å². The van der Waals surface area contributed by atoms with Crippen LogP contribution in [0.2, 0.25) is 0 Å². The number of carbonyl (C=O) groups excluding carboxylic acids is 1. The van der Waals surface area contributed by atoms with E-state index in [0.29, 0.717) is 5.56 Å². The van der Waals surface area contributed by atoms with Crippen LogP contribution in [0.25, 0.3) is 0 Å². The Labute approximate surface area is 116 Å². The molecule has 2 heterocycles. The number of carbonyl (C=O) groups is 1. The maximum absolute atomic E-state index is 12.2. The van der Waals surface area contributed by atoms with Crippen molar-refractivity contribution in [2.24, 2.45) is 0 Å². The van der Waals surface area contributed by atoms with Gasteiger partial charge in [0.2, 0.25) is 0 Å². The number of hydrogen-bond donors (Lipinski definition) is 2. The van der Waals surface area contributed by atoms with Gasteiger partial charge in [0, 0.05) is 24.8 Å². The van der Waals surface area contributed by atoms with E-state index in [1.807, 2.05) is 19.2 Å². The van der Waals surface area contributed by atoms with Crippen LogP contribution >= 0.6 is 11.3 Å². The summed E-state index contributed by atoms with van der Waals surface area (Å²) in [6.07, 6.45) is 3.29. The molecular weight excluding hydrogens is 260 g/mol. The van der Waals surface area contributed by atoms with E-state index in [9.17, 15) is 4.79 Å². The first-order valence-corrected chi connectivity index (χ1v) is 6.77. The fraction of sp³-hybridized carbons (Fsp3) is 0.308. The Morgan fingerprint density at radius 1 is 1.32 bits per heavy atom. The van der Waals surface area contributed by atoms with Crippen molar-refractivity contribution in [3.05, 3.63) is 40.5 Å². The molecule has 2 aromatic heterocycles. The highest BCUT2D eigenvalue weighted by Gasteiger charge is 2.25. The molecule has 6 heteroatoms. The Hall–Kier alpha value is -1.95. The zero-order valence-electron chi connectivity index (χ0n) is 11.1. The Kier molecular flexibility index (Phi) is 3.80. The summed E-state index contributed by atoms with van der Waals surface area (Å²) in [6, 6.07) is 3.51. The Morgan fingerprint density at radius 3 is 2.63 bits per heavy atom. The average Bonchev–Trinajstić information content (AvgIpc) is 2.93. The normalized spacial score (nSPS) is 11.1. The maximum Gasteiger partial charge on any atom is 0.253 e. The third-order valence-corrected chi connectivity index (χ3v) is 3.77. The molecule has 0 bridgehead atoms. The average molecular weight is 276 g/mol. The van der Waals surface area contributed by atoms with Gasteiger partial charge in [0.1, 0.15) is 10.8 Å². The summed E-state index contributed by atoms with van der Waals surface area (Å²) in [5, 5.41) is 8.64. The van der Waals surface area contributed by atoms with E-state index >= 15 is 0 Å². The summed E-state index contributed by atoms with van der Waals surface area (Å²) in [4.78, 5) is 20.5. The Balaban J connectivity index is 2.12. The molecular formula is C13H16N4OS. The molecule has 0 aliphatic carbocycles. The van der Waals surface area contributed by atoms with Crippen LogP contribution in [-0.4, -0.2) is 22.9 Å². The minimum Gasteiger partial charge on any atom is -0.373 e. The molecule has 0 aromatic carbocycles. The molecule has 0 aliphatic heterocycles. The van der Waals surface area contributed by atoms with Crippen molar-refractivity contribution in [1.29, 1.82) is 0 Å². The van der Waals surface area contributed by atoms with Gasteiger partial charge in [-0.15, -0.1) is 11.3 Å². The summed E-state index contributed by atoms with van der Waals surface area (Å²) in [5.41, 5.74) is 0.0380. The molecule has 0 unspecified atom stereocenters. The van der Waals surface area contributed by atoms with Gasteiger partial charge < -0.3 is 10.6 Å². The van der Waals surface area contributed by atoms with E-state index in [-0.39, 0.29) is 5.91 Å². The van der Waals surface area contributed by atoms with Crippen LogP contribution in [0.3, 0.4) is 0 Å². The standard InChI is InChI=1S/C13H16N4OS/c1-13(2,12-15-6-7-19-12)17-11(18)9-4-5-10(14-3)16-8-9/h4-8H,1-3H3,(H,14,16)(H,17,18). The molecule has 0 saturated carbocycles. The highest BCUT2D eigenvalue weighted by atomic mass is 32.1. The van der Waals surface area contributed by atoms with Gasteiger partial charge in [-0.05, 0) is 26.0 Å². The molecule has 0 fully saturated rings. The first-order valence-electron chi connectivity index (χ1n) is 5.89. The predicted molar refractivity (Wildman–Crippen MR) is 76.4 cm³/mol. The fourth-order valence-electron chi connectivity index (χ4n) is 1.62. The van der Waals surface area contributed by atoms with E-state index in [2.05, 4.69) is 20.6 Å². The second-order valence-electron chi connectivity index (χ2n) is 4.60. The van der Waals surface area contributed by atoms with Gasteiger partial charge in [0.25, 0.3) is 5.91 Å². The SMILES string of the molecule is CNc1ccc(C(=O)NC(C)(C)c2nccs2)cn1. The number of aromatic nitrogens is 2. The van der Waals surface area contributed by atoms with Gasteiger partial charge >= 0.3 is 0 Å². The van der Waals surface area contributed by atoms with Crippen molar-refractivity contribution in [3.63, 3.8) is 0 Å². The van der Waals surface area contributed by atoms with Gasteiger partial charge in [0.15, 0.2) is 0 Å². The quantitative estimate of drug-likeness (QED) is 0.898. The van der Waals surface area contributed by atoms with E-state index < -0.39 is 5.54 Å². The summed E-state index contributed by atoms with van der Waals surface area (Å²) in [6.45, 7) is 3.86. The van der Waals surface area contributed by atoms with Crippen LogP contribution in [0, 0.1) is 0 Å². The van der Waals surface area contributed by atoms with Crippen LogP contribution < -0.4 is 10.6 Å². The zero-order chi connectivity index (χ0) is 13.9. The molecule has 1 amide bonds. The molecule has 0 spiro atoms.